The molecule has 0 saturated carbocycles. The number of nitrogens with zero attached hydrogens (tertiary/aromatic N) is 5. The minimum atomic E-state index is -0.211. The van der Waals surface area contributed by atoms with E-state index in [1.54, 1.807) is 24.8 Å². The van der Waals surface area contributed by atoms with Crippen LogP contribution in [0.4, 0.5) is 0 Å². The van der Waals surface area contributed by atoms with Crippen LogP contribution in [-0.2, 0) is 0 Å². The molecule has 0 atom stereocenters. The lowest BCUT2D eigenvalue weighted by Crippen LogP contribution is -2.32. The molecule has 0 spiro atoms. The highest BCUT2D eigenvalue weighted by molar-refractivity contribution is 5.99. The van der Waals surface area contributed by atoms with Gasteiger partial charge in [-0.05, 0) is 23.6 Å². The van der Waals surface area contributed by atoms with Crippen LogP contribution >= 0.6 is 0 Å². The topological polar surface area (TPSA) is 77.1 Å². The Bertz CT molecular complexity index is 1120. The van der Waals surface area contributed by atoms with Crippen molar-refractivity contribution in [2.45, 2.75) is 20.8 Å². The first kappa shape index (κ1) is 17.9. The Labute approximate surface area is 163 Å². The molecule has 0 unspecified atom stereocenters. The van der Waals surface area contributed by atoms with Gasteiger partial charge in [0, 0.05) is 18.9 Å². The number of benzene rings is 1. The van der Waals surface area contributed by atoms with Gasteiger partial charge in [-0.1, -0.05) is 39.0 Å². The third-order valence-corrected chi connectivity index (χ3v) is 4.31. The van der Waals surface area contributed by atoms with Gasteiger partial charge in [0.25, 0.3) is 5.91 Å². The van der Waals surface area contributed by atoms with E-state index >= 15 is 0 Å². The summed E-state index contributed by atoms with van der Waals surface area (Å²) < 4.78 is 3.68. The number of amides is 1. The van der Waals surface area contributed by atoms with Crippen LogP contribution in [-0.4, -0.2) is 36.6 Å². The van der Waals surface area contributed by atoms with E-state index in [1.165, 1.54) is 0 Å². The largest absolute Gasteiger partial charge is 0.350 e. The Morgan fingerprint density at radius 3 is 2.64 bits per heavy atom. The standard InChI is InChI=1S/C21H22N6O/c1-21(2,3)14-23-20(28)18-17-13-22-11-12-26(17)19(25-18)16-9-10-24-27(16)15-7-5-4-6-8-15/h4-13H,14H2,1-3H3,(H,23,28). The zero-order chi connectivity index (χ0) is 19.7. The summed E-state index contributed by atoms with van der Waals surface area (Å²) in [5.74, 6) is 0.428. The van der Waals surface area contributed by atoms with Gasteiger partial charge in [0.15, 0.2) is 11.5 Å². The number of aromatic nitrogens is 5. The van der Waals surface area contributed by atoms with Crippen LogP contribution in [0.25, 0.3) is 22.7 Å². The van der Waals surface area contributed by atoms with E-state index in [0.29, 0.717) is 23.6 Å². The molecule has 0 aliphatic heterocycles. The van der Waals surface area contributed by atoms with Gasteiger partial charge in [-0.15, -0.1) is 0 Å². The maximum Gasteiger partial charge on any atom is 0.272 e. The van der Waals surface area contributed by atoms with Gasteiger partial charge in [-0.3, -0.25) is 14.2 Å². The molecule has 0 radical (unpaired) electrons. The lowest BCUT2D eigenvalue weighted by molar-refractivity contribution is 0.0936. The first-order chi connectivity index (χ1) is 13.4. The smallest absolute Gasteiger partial charge is 0.272 e. The molecule has 3 aromatic heterocycles. The van der Waals surface area contributed by atoms with Crippen molar-refractivity contribution in [1.29, 1.82) is 0 Å². The second-order valence-corrected chi connectivity index (χ2v) is 7.82. The van der Waals surface area contributed by atoms with Crippen LogP contribution in [0.5, 0.6) is 0 Å². The highest BCUT2D eigenvalue weighted by Gasteiger charge is 2.22. The lowest BCUT2D eigenvalue weighted by Gasteiger charge is -2.18. The average molecular weight is 374 g/mol. The summed E-state index contributed by atoms with van der Waals surface area (Å²) in [5, 5.41) is 7.41. The number of hydrogen-bond acceptors (Lipinski definition) is 4. The number of para-hydroxylation sites is 1. The molecule has 1 N–H and O–H groups in total. The number of hydrogen-bond donors (Lipinski definition) is 1. The van der Waals surface area contributed by atoms with Gasteiger partial charge >= 0.3 is 0 Å². The SMILES string of the molecule is CC(C)(C)CNC(=O)c1nc(-c2ccnn2-c2ccccc2)n2ccncc12. The second kappa shape index (κ2) is 6.92. The van der Waals surface area contributed by atoms with Gasteiger partial charge in [0.2, 0.25) is 0 Å². The first-order valence-corrected chi connectivity index (χ1v) is 9.14. The molecule has 0 fully saturated rings. The molecule has 0 bridgehead atoms. The summed E-state index contributed by atoms with van der Waals surface area (Å²) in [5.41, 5.74) is 2.71. The average Bonchev–Trinajstić information content (AvgIpc) is 3.31. The lowest BCUT2D eigenvalue weighted by atomic mass is 9.97. The normalized spacial score (nSPS) is 11.7. The summed E-state index contributed by atoms with van der Waals surface area (Å²) in [7, 11) is 0. The second-order valence-electron chi connectivity index (χ2n) is 7.82. The molecule has 7 heteroatoms. The number of carbonyl (C=O) groups is 1. The van der Waals surface area contributed by atoms with E-state index in [4.69, 9.17) is 0 Å². The van der Waals surface area contributed by atoms with Crippen molar-refractivity contribution in [3.05, 3.63) is 66.9 Å². The molecule has 1 amide bonds. The van der Waals surface area contributed by atoms with E-state index in [1.807, 2.05) is 45.5 Å². The van der Waals surface area contributed by atoms with Crippen molar-refractivity contribution >= 4 is 11.4 Å². The highest BCUT2D eigenvalue weighted by atomic mass is 16.1. The van der Waals surface area contributed by atoms with Gasteiger partial charge in [0.05, 0.1) is 23.6 Å². The van der Waals surface area contributed by atoms with E-state index < -0.39 is 0 Å². The van der Waals surface area contributed by atoms with Crippen molar-refractivity contribution in [1.82, 2.24) is 29.5 Å². The molecule has 7 nitrogen and oxygen atoms in total. The summed E-state index contributed by atoms with van der Waals surface area (Å²) in [4.78, 5) is 21.7. The van der Waals surface area contributed by atoms with Gasteiger partial charge in [-0.25, -0.2) is 9.67 Å². The monoisotopic (exact) mass is 374 g/mol. The number of rotatable bonds is 4. The van der Waals surface area contributed by atoms with Crippen molar-refractivity contribution in [2.24, 2.45) is 5.41 Å². The zero-order valence-electron chi connectivity index (χ0n) is 16.1. The van der Waals surface area contributed by atoms with Crippen LogP contribution in [0.3, 0.4) is 0 Å². The van der Waals surface area contributed by atoms with Crippen LogP contribution in [0.2, 0.25) is 0 Å². The fourth-order valence-corrected chi connectivity index (χ4v) is 2.96. The maximum absolute atomic E-state index is 12.8. The van der Waals surface area contributed by atoms with Gasteiger partial charge < -0.3 is 5.32 Å². The zero-order valence-corrected chi connectivity index (χ0v) is 16.1. The molecule has 1 aromatic carbocycles. The first-order valence-electron chi connectivity index (χ1n) is 9.14. The van der Waals surface area contributed by atoms with Crippen LogP contribution < -0.4 is 5.32 Å². The molecular weight excluding hydrogens is 352 g/mol. The summed E-state index contributed by atoms with van der Waals surface area (Å²) in [6, 6.07) is 11.7. The number of nitrogens with one attached hydrogen (secondary N) is 1. The quantitative estimate of drug-likeness (QED) is 0.594. The maximum atomic E-state index is 12.8. The molecule has 3 heterocycles. The van der Waals surface area contributed by atoms with E-state index in [9.17, 15) is 4.79 Å². The molecule has 0 saturated heterocycles. The van der Waals surface area contributed by atoms with E-state index in [2.05, 4.69) is 41.2 Å². The van der Waals surface area contributed by atoms with E-state index in [-0.39, 0.29) is 11.3 Å². The Morgan fingerprint density at radius 1 is 1.11 bits per heavy atom. The third kappa shape index (κ3) is 3.38. The van der Waals surface area contributed by atoms with Crippen molar-refractivity contribution in [3.8, 4) is 17.2 Å². The predicted octanol–water partition coefficient (Wildman–Crippen LogP) is 3.36. The Hall–Kier alpha value is -3.48. The van der Waals surface area contributed by atoms with Crippen molar-refractivity contribution < 1.29 is 4.79 Å². The minimum absolute atomic E-state index is 0.0157. The fraction of sp³-hybridized carbons (Fsp3) is 0.238. The molecule has 0 aliphatic carbocycles. The Morgan fingerprint density at radius 2 is 1.89 bits per heavy atom. The highest BCUT2D eigenvalue weighted by Crippen LogP contribution is 2.24. The van der Waals surface area contributed by atoms with E-state index in [0.717, 1.165) is 11.4 Å². The molecule has 4 aromatic rings. The van der Waals surface area contributed by atoms with Crippen LogP contribution in [0, 0.1) is 5.41 Å². The third-order valence-electron chi connectivity index (χ3n) is 4.31. The Balaban J connectivity index is 1.80. The fourth-order valence-electron chi connectivity index (χ4n) is 2.96. The van der Waals surface area contributed by atoms with Gasteiger partial charge in [-0.2, -0.15) is 5.10 Å². The van der Waals surface area contributed by atoms with Crippen LogP contribution in [0.15, 0.2) is 61.2 Å². The number of carbonyl (C=O) groups excluding carboxylic acids is 1. The van der Waals surface area contributed by atoms with Crippen molar-refractivity contribution in [3.63, 3.8) is 0 Å². The molecule has 28 heavy (non-hydrogen) atoms. The predicted molar refractivity (Wildman–Crippen MR) is 107 cm³/mol. The summed E-state index contributed by atoms with van der Waals surface area (Å²) >= 11 is 0. The number of imidazole rings is 1. The molecular formula is C21H22N6O. The van der Waals surface area contributed by atoms with Crippen molar-refractivity contribution in [2.75, 3.05) is 6.54 Å². The Kier molecular flexibility index (Phi) is 4.43. The van der Waals surface area contributed by atoms with Gasteiger partial charge in [0.1, 0.15) is 5.69 Å². The molecule has 0 aliphatic rings. The molecule has 4 rings (SSSR count). The minimum Gasteiger partial charge on any atom is -0.350 e. The number of fused-ring (bicyclic) bond motifs is 1. The molecule has 142 valence electrons. The summed E-state index contributed by atoms with van der Waals surface area (Å²) in [6.45, 7) is 6.78. The van der Waals surface area contributed by atoms with Crippen LogP contribution in [0.1, 0.15) is 31.3 Å². The summed E-state index contributed by atoms with van der Waals surface area (Å²) in [6.07, 6.45) is 6.87.